The lowest BCUT2D eigenvalue weighted by Gasteiger charge is -2.13. The Kier molecular flexibility index (Phi) is 4.84. The van der Waals surface area contributed by atoms with Crippen molar-refractivity contribution < 1.29 is 0 Å². The molecule has 1 unspecified atom stereocenters. The minimum absolute atomic E-state index is 0.417. The summed E-state index contributed by atoms with van der Waals surface area (Å²) in [6, 6.07) is 10.4. The number of aryl methyl sites for hydroxylation is 1. The fourth-order valence-electron chi connectivity index (χ4n) is 2.02. The van der Waals surface area contributed by atoms with Gasteiger partial charge in [0.05, 0.1) is 5.69 Å². The lowest BCUT2D eigenvalue weighted by molar-refractivity contribution is 0.567. The summed E-state index contributed by atoms with van der Waals surface area (Å²) in [6.07, 6.45) is 3.87. The molecule has 1 atom stereocenters. The average molecular weight is 328 g/mol. The number of alkyl halides is 1. The smallest absolute Gasteiger partial charge is 0.0627 e. The Morgan fingerprint density at radius 1 is 1.28 bits per heavy atom. The minimum atomic E-state index is 0.417. The largest absolute Gasteiger partial charge is 0.276 e. The van der Waals surface area contributed by atoms with E-state index in [2.05, 4.69) is 45.3 Å². The highest BCUT2D eigenvalue weighted by Gasteiger charge is 2.12. The monoisotopic (exact) mass is 326 g/mol. The molecule has 0 saturated heterocycles. The van der Waals surface area contributed by atoms with Crippen LogP contribution in [0.2, 0.25) is 0 Å². The summed E-state index contributed by atoms with van der Waals surface area (Å²) < 4.78 is 2.99. The van der Waals surface area contributed by atoms with Crippen molar-refractivity contribution in [3.63, 3.8) is 0 Å². The molecule has 2 nitrogen and oxygen atoms in total. The summed E-state index contributed by atoms with van der Waals surface area (Å²) in [4.78, 5) is 0. The first-order valence-electron chi connectivity index (χ1n) is 5.97. The van der Waals surface area contributed by atoms with Crippen LogP contribution in [0.3, 0.4) is 0 Å². The van der Waals surface area contributed by atoms with Gasteiger partial charge in [0.15, 0.2) is 0 Å². The van der Waals surface area contributed by atoms with E-state index in [1.807, 2.05) is 24.0 Å². The quantitative estimate of drug-likeness (QED) is 0.763. The standard InChI is InChI=1S/C14H16BrClN2/c1-18-7-6-13(17-18)9-11(10-16)8-12-4-2-3-5-14(12)15/h2-7,11H,8-10H2,1H3. The zero-order chi connectivity index (χ0) is 13.0. The molecule has 1 heterocycles. The maximum absolute atomic E-state index is 6.08. The van der Waals surface area contributed by atoms with E-state index in [4.69, 9.17) is 11.6 Å². The van der Waals surface area contributed by atoms with Crippen LogP contribution >= 0.6 is 27.5 Å². The molecule has 0 aliphatic heterocycles. The number of hydrogen-bond donors (Lipinski definition) is 0. The molecule has 2 rings (SSSR count). The average Bonchev–Trinajstić information content (AvgIpc) is 2.76. The van der Waals surface area contributed by atoms with E-state index >= 15 is 0 Å². The highest BCUT2D eigenvalue weighted by molar-refractivity contribution is 9.10. The van der Waals surface area contributed by atoms with E-state index in [1.165, 1.54) is 5.56 Å². The van der Waals surface area contributed by atoms with Crippen LogP contribution < -0.4 is 0 Å². The number of aromatic nitrogens is 2. The molecule has 0 aliphatic rings. The molecule has 18 heavy (non-hydrogen) atoms. The van der Waals surface area contributed by atoms with Crippen LogP contribution in [0.25, 0.3) is 0 Å². The Labute approximate surface area is 121 Å². The lowest BCUT2D eigenvalue weighted by atomic mass is 9.96. The van der Waals surface area contributed by atoms with Gasteiger partial charge in [-0.15, -0.1) is 11.6 Å². The van der Waals surface area contributed by atoms with Crippen molar-refractivity contribution in [2.24, 2.45) is 13.0 Å². The molecule has 0 N–H and O–H groups in total. The number of halogens is 2. The van der Waals surface area contributed by atoms with Gasteiger partial charge in [-0.2, -0.15) is 5.10 Å². The van der Waals surface area contributed by atoms with Gasteiger partial charge in [0.25, 0.3) is 0 Å². The molecule has 96 valence electrons. The Balaban J connectivity index is 2.04. The molecule has 0 fully saturated rings. The van der Waals surface area contributed by atoms with Crippen LogP contribution in [-0.2, 0) is 19.9 Å². The third-order valence-corrected chi connectivity index (χ3v) is 4.16. The van der Waals surface area contributed by atoms with E-state index < -0.39 is 0 Å². The summed E-state index contributed by atoms with van der Waals surface area (Å²) >= 11 is 9.66. The van der Waals surface area contributed by atoms with Gasteiger partial charge < -0.3 is 0 Å². The molecule has 0 amide bonds. The second kappa shape index (κ2) is 6.39. The first kappa shape index (κ1) is 13.6. The number of benzene rings is 1. The van der Waals surface area contributed by atoms with Crippen LogP contribution in [0.5, 0.6) is 0 Å². The minimum Gasteiger partial charge on any atom is -0.276 e. The fourth-order valence-corrected chi connectivity index (χ4v) is 2.69. The molecule has 0 aliphatic carbocycles. The first-order valence-corrected chi connectivity index (χ1v) is 7.29. The van der Waals surface area contributed by atoms with E-state index in [1.54, 1.807) is 0 Å². The zero-order valence-electron chi connectivity index (χ0n) is 10.3. The van der Waals surface area contributed by atoms with Gasteiger partial charge in [-0.25, -0.2) is 0 Å². The van der Waals surface area contributed by atoms with E-state index in [0.29, 0.717) is 11.8 Å². The maximum Gasteiger partial charge on any atom is 0.0627 e. The van der Waals surface area contributed by atoms with E-state index in [-0.39, 0.29) is 0 Å². The summed E-state index contributed by atoms with van der Waals surface area (Å²) in [5, 5.41) is 4.41. The number of nitrogens with zero attached hydrogens (tertiary/aromatic N) is 2. The predicted octanol–water partition coefficient (Wildman–Crippen LogP) is 3.82. The molecule has 1 aromatic heterocycles. The highest BCUT2D eigenvalue weighted by Crippen LogP contribution is 2.22. The summed E-state index contributed by atoms with van der Waals surface area (Å²) in [7, 11) is 1.94. The summed E-state index contributed by atoms with van der Waals surface area (Å²) in [6.45, 7) is 0. The molecule has 4 heteroatoms. The van der Waals surface area contributed by atoms with Gasteiger partial charge in [-0.3, -0.25) is 4.68 Å². The summed E-state index contributed by atoms with van der Waals surface area (Å²) in [5.74, 6) is 1.07. The van der Waals surface area contributed by atoms with E-state index in [9.17, 15) is 0 Å². The maximum atomic E-state index is 6.08. The van der Waals surface area contributed by atoms with Crippen molar-refractivity contribution in [2.75, 3.05) is 5.88 Å². The number of rotatable bonds is 5. The Morgan fingerprint density at radius 3 is 2.67 bits per heavy atom. The molecule has 0 bridgehead atoms. The van der Waals surface area contributed by atoms with Crippen molar-refractivity contribution in [1.29, 1.82) is 0 Å². The van der Waals surface area contributed by atoms with Gasteiger partial charge in [0.1, 0.15) is 0 Å². The van der Waals surface area contributed by atoms with Crippen molar-refractivity contribution in [2.45, 2.75) is 12.8 Å². The molecule has 1 aromatic carbocycles. The highest BCUT2D eigenvalue weighted by atomic mass is 79.9. The van der Waals surface area contributed by atoms with Crippen molar-refractivity contribution >= 4 is 27.5 Å². The van der Waals surface area contributed by atoms with Crippen molar-refractivity contribution in [3.05, 3.63) is 52.3 Å². The second-order valence-electron chi connectivity index (χ2n) is 4.50. The topological polar surface area (TPSA) is 17.8 Å². The third-order valence-electron chi connectivity index (χ3n) is 2.95. The third kappa shape index (κ3) is 3.59. The van der Waals surface area contributed by atoms with Gasteiger partial charge >= 0.3 is 0 Å². The van der Waals surface area contributed by atoms with Gasteiger partial charge in [-0.1, -0.05) is 34.1 Å². The van der Waals surface area contributed by atoms with Crippen molar-refractivity contribution in [1.82, 2.24) is 9.78 Å². The van der Waals surface area contributed by atoms with Crippen LogP contribution in [0.4, 0.5) is 0 Å². The van der Waals surface area contributed by atoms with Crippen LogP contribution in [0.15, 0.2) is 41.0 Å². The van der Waals surface area contributed by atoms with Crippen molar-refractivity contribution in [3.8, 4) is 0 Å². The molecule has 0 saturated carbocycles. The predicted molar refractivity (Wildman–Crippen MR) is 79.0 cm³/mol. The van der Waals surface area contributed by atoms with Crippen LogP contribution in [0, 0.1) is 5.92 Å². The molecule has 0 radical (unpaired) electrons. The Bertz CT molecular complexity index is 510. The zero-order valence-corrected chi connectivity index (χ0v) is 12.7. The number of hydrogen-bond acceptors (Lipinski definition) is 1. The SMILES string of the molecule is Cn1ccc(CC(CCl)Cc2ccccc2Br)n1. The fraction of sp³-hybridized carbons (Fsp3) is 0.357. The molecular weight excluding hydrogens is 312 g/mol. The van der Waals surface area contributed by atoms with Crippen LogP contribution in [0.1, 0.15) is 11.3 Å². The Morgan fingerprint density at radius 2 is 2.06 bits per heavy atom. The van der Waals surface area contributed by atoms with Gasteiger partial charge in [0.2, 0.25) is 0 Å². The first-order chi connectivity index (χ1) is 8.69. The van der Waals surface area contributed by atoms with Crippen LogP contribution in [-0.4, -0.2) is 15.7 Å². The van der Waals surface area contributed by atoms with Gasteiger partial charge in [0, 0.05) is 23.6 Å². The molecular formula is C14H16BrClN2. The molecule has 0 spiro atoms. The molecule has 2 aromatic rings. The normalized spacial score (nSPS) is 12.6. The van der Waals surface area contributed by atoms with Gasteiger partial charge in [-0.05, 0) is 36.5 Å². The summed E-state index contributed by atoms with van der Waals surface area (Å²) in [5.41, 5.74) is 2.41. The lowest BCUT2D eigenvalue weighted by Crippen LogP contribution is -2.11. The van der Waals surface area contributed by atoms with E-state index in [0.717, 1.165) is 23.0 Å². The Hall–Kier alpha value is -0.800. The second-order valence-corrected chi connectivity index (χ2v) is 5.66.